The first-order valence-corrected chi connectivity index (χ1v) is 6.49. The zero-order valence-electron chi connectivity index (χ0n) is 11.0. The van der Waals surface area contributed by atoms with Gasteiger partial charge in [-0.1, -0.05) is 19.1 Å². The number of benzene rings is 1. The van der Waals surface area contributed by atoms with Gasteiger partial charge in [0.25, 0.3) is 5.91 Å². The molecular weight excluding hydrogens is 244 g/mol. The average Bonchev–Trinajstić information content (AvgIpc) is 2.55. The molecular formula is C14H18N2O3. The molecule has 0 unspecified atom stereocenters. The number of nitrogens with one attached hydrogen (secondary N) is 1. The zero-order valence-corrected chi connectivity index (χ0v) is 11.0. The normalized spacial score (nSPS) is 14.9. The number of rotatable bonds is 5. The summed E-state index contributed by atoms with van der Waals surface area (Å²) in [7, 11) is 0. The van der Waals surface area contributed by atoms with Crippen LogP contribution in [0.2, 0.25) is 0 Å². The lowest BCUT2D eigenvalue weighted by Gasteiger charge is -2.21. The molecule has 0 saturated carbocycles. The molecule has 1 aliphatic rings. The van der Waals surface area contributed by atoms with Gasteiger partial charge in [-0.3, -0.25) is 9.59 Å². The van der Waals surface area contributed by atoms with Crippen molar-refractivity contribution >= 4 is 17.5 Å². The van der Waals surface area contributed by atoms with E-state index in [0.717, 1.165) is 6.42 Å². The quantitative estimate of drug-likeness (QED) is 0.811. The van der Waals surface area contributed by atoms with Crippen molar-refractivity contribution in [3.8, 4) is 0 Å². The van der Waals surface area contributed by atoms with Crippen molar-refractivity contribution in [2.45, 2.75) is 13.3 Å². The second-order valence-electron chi connectivity index (χ2n) is 4.36. The van der Waals surface area contributed by atoms with Gasteiger partial charge < -0.3 is 15.0 Å². The van der Waals surface area contributed by atoms with Gasteiger partial charge in [0, 0.05) is 13.2 Å². The Bertz CT molecular complexity index is 474. The Hall–Kier alpha value is -1.88. The molecule has 2 rings (SSSR count). The van der Waals surface area contributed by atoms with Gasteiger partial charge in [0.05, 0.1) is 24.4 Å². The molecule has 5 heteroatoms. The van der Waals surface area contributed by atoms with Crippen LogP contribution in [0.1, 0.15) is 23.7 Å². The smallest absolute Gasteiger partial charge is 0.253 e. The Labute approximate surface area is 112 Å². The van der Waals surface area contributed by atoms with Gasteiger partial charge in [0.2, 0.25) is 5.91 Å². The van der Waals surface area contributed by atoms with Gasteiger partial charge in [-0.25, -0.2) is 0 Å². The molecule has 5 nitrogen and oxygen atoms in total. The monoisotopic (exact) mass is 262 g/mol. The third kappa shape index (κ3) is 3.12. The number of hydrogen-bond donors (Lipinski definition) is 1. The molecule has 1 aliphatic heterocycles. The van der Waals surface area contributed by atoms with E-state index >= 15 is 0 Å². The number of carbonyl (C=O) groups is 2. The molecule has 2 amide bonds. The Morgan fingerprint density at radius 2 is 2.05 bits per heavy atom. The second-order valence-corrected chi connectivity index (χ2v) is 4.36. The van der Waals surface area contributed by atoms with Gasteiger partial charge in [0.1, 0.15) is 0 Å². The van der Waals surface area contributed by atoms with Crippen molar-refractivity contribution in [3.05, 3.63) is 29.8 Å². The first-order chi connectivity index (χ1) is 9.24. The summed E-state index contributed by atoms with van der Waals surface area (Å²) < 4.78 is 5.42. The number of hydrogen-bond acceptors (Lipinski definition) is 3. The van der Waals surface area contributed by atoms with E-state index in [1.165, 1.54) is 0 Å². The van der Waals surface area contributed by atoms with E-state index in [2.05, 4.69) is 5.32 Å². The number of para-hydroxylation sites is 1. The Morgan fingerprint density at radius 3 is 2.84 bits per heavy atom. The van der Waals surface area contributed by atoms with Crippen molar-refractivity contribution < 1.29 is 14.3 Å². The van der Waals surface area contributed by atoms with Crippen LogP contribution < -0.4 is 10.2 Å². The molecule has 0 aliphatic carbocycles. The fraction of sp³-hybridized carbons (Fsp3) is 0.429. The van der Waals surface area contributed by atoms with Crippen LogP contribution in [0.3, 0.4) is 0 Å². The van der Waals surface area contributed by atoms with Gasteiger partial charge in [-0.15, -0.1) is 0 Å². The third-order valence-electron chi connectivity index (χ3n) is 2.95. The fourth-order valence-electron chi connectivity index (χ4n) is 2.03. The summed E-state index contributed by atoms with van der Waals surface area (Å²) in [6, 6.07) is 7.13. The number of carbonyl (C=O) groups excluding carboxylic acids is 2. The summed E-state index contributed by atoms with van der Waals surface area (Å²) in [4.78, 5) is 25.5. The third-order valence-corrected chi connectivity index (χ3v) is 2.95. The van der Waals surface area contributed by atoms with Crippen molar-refractivity contribution in [1.29, 1.82) is 0 Å². The molecule has 1 aromatic carbocycles. The average molecular weight is 262 g/mol. The standard InChI is InChI=1S/C14H18N2O3/c1-2-8-19-9-7-16-12-6-4-3-5-11(12)14(18)15-10-13(16)17/h3-6H,2,7-10H2,1H3,(H,15,18). The summed E-state index contributed by atoms with van der Waals surface area (Å²) in [5, 5.41) is 2.61. The van der Waals surface area contributed by atoms with E-state index in [4.69, 9.17) is 4.74 Å². The van der Waals surface area contributed by atoms with E-state index < -0.39 is 0 Å². The van der Waals surface area contributed by atoms with Gasteiger partial charge >= 0.3 is 0 Å². The molecule has 1 heterocycles. The molecule has 0 fully saturated rings. The summed E-state index contributed by atoms with van der Waals surface area (Å²) in [5.41, 5.74) is 1.19. The molecule has 0 radical (unpaired) electrons. The molecule has 0 atom stereocenters. The van der Waals surface area contributed by atoms with E-state index in [0.29, 0.717) is 31.0 Å². The maximum atomic E-state index is 12.0. The number of ether oxygens (including phenoxy) is 1. The van der Waals surface area contributed by atoms with Crippen LogP contribution in [-0.4, -0.2) is 38.1 Å². The van der Waals surface area contributed by atoms with E-state index in [1.807, 2.05) is 13.0 Å². The molecule has 0 bridgehead atoms. The van der Waals surface area contributed by atoms with Gasteiger partial charge in [0.15, 0.2) is 0 Å². The maximum Gasteiger partial charge on any atom is 0.253 e. The van der Waals surface area contributed by atoms with Gasteiger partial charge in [-0.2, -0.15) is 0 Å². The predicted octanol–water partition coefficient (Wildman–Crippen LogP) is 1.19. The van der Waals surface area contributed by atoms with E-state index in [9.17, 15) is 9.59 Å². The minimum atomic E-state index is -0.207. The highest BCUT2D eigenvalue weighted by molar-refractivity contribution is 6.09. The van der Waals surface area contributed by atoms with Crippen molar-refractivity contribution in [3.63, 3.8) is 0 Å². The molecule has 0 saturated heterocycles. The lowest BCUT2D eigenvalue weighted by atomic mass is 10.1. The SMILES string of the molecule is CCCOCCN1C(=O)CNC(=O)c2ccccc21. The Balaban J connectivity index is 2.17. The predicted molar refractivity (Wildman–Crippen MR) is 72.2 cm³/mol. The van der Waals surface area contributed by atoms with Gasteiger partial charge in [-0.05, 0) is 18.6 Å². The number of amides is 2. The lowest BCUT2D eigenvalue weighted by molar-refractivity contribution is -0.117. The van der Waals surface area contributed by atoms with Crippen LogP contribution in [0.25, 0.3) is 0 Å². The van der Waals surface area contributed by atoms with Crippen molar-refractivity contribution in [2.24, 2.45) is 0 Å². The summed E-state index contributed by atoms with van der Waals surface area (Å²) in [6.45, 7) is 3.68. The van der Waals surface area contributed by atoms with E-state index in [1.54, 1.807) is 23.1 Å². The van der Waals surface area contributed by atoms with Crippen LogP contribution in [0.4, 0.5) is 5.69 Å². The Morgan fingerprint density at radius 1 is 1.26 bits per heavy atom. The molecule has 19 heavy (non-hydrogen) atoms. The van der Waals surface area contributed by atoms with E-state index in [-0.39, 0.29) is 18.4 Å². The van der Waals surface area contributed by atoms with Crippen LogP contribution in [-0.2, 0) is 9.53 Å². The number of nitrogens with zero attached hydrogens (tertiary/aromatic N) is 1. The Kier molecular flexibility index (Phi) is 4.52. The van der Waals surface area contributed by atoms with Crippen LogP contribution in [0.5, 0.6) is 0 Å². The fourth-order valence-corrected chi connectivity index (χ4v) is 2.03. The first kappa shape index (κ1) is 13.5. The van der Waals surface area contributed by atoms with Crippen molar-refractivity contribution in [2.75, 3.05) is 31.2 Å². The minimum absolute atomic E-state index is 0.0291. The highest BCUT2D eigenvalue weighted by Gasteiger charge is 2.25. The highest BCUT2D eigenvalue weighted by Crippen LogP contribution is 2.22. The van der Waals surface area contributed by atoms with Crippen LogP contribution in [0, 0.1) is 0 Å². The maximum absolute atomic E-state index is 12.0. The highest BCUT2D eigenvalue weighted by atomic mass is 16.5. The number of fused-ring (bicyclic) bond motifs is 1. The summed E-state index contributed by atoms with van der Waals surface area (Å²) >= 11 is 0. The topological polar surface area (TPSA) is 58.6 Å². The lowest BCUT2D eigenvalue weighted by Crippen LogP contribution is -2.38. The van der Waals surface area contributed by atoms with Crippen molar-refractivity contribution in [1.82, 2.24) is 5.32 Å². The largest absolute Gasteiger partial charge is 0.380 e. The zero-order chi connectivity index (χ0) is 13.7. The molecule has 0 aromatic heterocycles. The molecule has 102 valence electrons. The number of anilines is 1. The summed E-state index contributed by atoms with van der Waals surface area (Å²) in [6.07, 6.45) is 0.949. The molecule has 1 aromatic rings. The minimum Gasteiger partial charge on any atom is -0.380 e. The molecule has 0 spiro atoms. The molecule has 1 N–H and O–H groups in total. The van der Waals surface area contributed by atoms with Crippen LogP contribution in [0.15, 0.2) is 24.3 Å². The second kappa shape index (κ2) is 6.33. The van der Waals surface area contributed by atoms with Crippen LogP contribution >= 0.6 is 0 Å². The first-order valence-electron chi connectivity index (χ1n) is 6.49. The summed E-state index contributed by atoms with van der Waals surface area (Å²) in [5.74, 6) is -0.320.